The Bertz CT molecular complexity index is 468. The lowest BCUT2D eigenvalue weighted by Gasteiger charge is -2.26. The molecule has 0 bridgehead atoms. The van der Waals surface area contributed by atoms with E-state index in [2.05, 4.69) is 34.3 Å². The number of nitrogens with zero attached hydrogens (tertiary/aromatic N) is 2. The lowest BCUT2D eigenvalue weighted by molar-refractivity contribution is 0.0388. The third-order valence-electron chi connectivity index (χ3n) is 4.07. The van der Waals surface area contributed by atoms with Gasteiger partial charge in [-0.05, 0) is 38.1 Å². The van der Waals surface area contributed by atoms with Crippen LogP contribution in [-0.4, -0.2) is 63.4 Å². The molecule has 0 saturated carbocycles. The van der Waals surface area contributed by atoms with Crippen LogP contribution in [0.2, 0.25) is 0 Å². The first-order valence-corrected chi connectivity index (χ1v) is 8.43. The number of morpholine rings is 1. The molecule has 0 unspecified atom stereocenters. The summed E-state index contributed by atoms with van der Waals surface area (Å²) in [5, 5.41) is 5.77. The second-order valence-electron chi connectivity index (χ2n) is 5.55. The smallest absolute Gasteiger partial charge is 0.319 e. The number of carbonyl (C=O) groups excluding carboxylic acids is 1. The van der Waals surface area contributed by atoms with Crippen LogP contribution in [-0.2, 0) is 4.74 Å². The van der Waals surface area contributed by atoms with Gasteiger partial charge in [0.05, 0.1) is 13.2 Å². The molecule has 1 aromatic carbocycles. The summed E-state index contributed by atoms with van der Waals surface area (Å²) in [6.07, 6.45) is 0. The highest BCUT2D eigenvalue weighted by molar-refractivity contribution is 5.89. The van der Waals surface area contributed by atoms with Crippen molar-refractivity contribution >= 4 is 17.4 Å². The fourth-order valence-corrected chi connectivity index (χ4v) is 2.67. The molecule has 2 N–H and O–H groups in total. The SMILES string of the molecule is CCN(CC)c1ccc(NC(=O)NCCN2CCOCC2)cc1. The summed E-state index contributed by atoms with van der Waals surface area (Å²) in [6, 6.07) is 7.80. The quantitative estimate of drug-likeness (QED) is 0.807. The molecular weight excluding hydrogens is 292 g/mol. The van der Waals surface area contributed by atoms with Gasteiger partial charge in [0.1, 0.15) is 0 Å². The van der Waals surface area contributed by atoms with Gasteiger partial charge in [0.25, 0.3) is 0 Å². The molecule has 0 aliphatic carbocycles. The number of hydrogen-bond acceptors (Lipinski definition) is 4. The fourth-order valence-electron chi connectivity index (χ4n) is 2.67. The highest BCUT2D eigenvalue weighted by Crippen LogP contribution is 2.17. The van der Waals surface area contributed by atoms with Gasteiger partial charge in [-0.15, -0.1) is 0 Å². The lowest BCUT2D eigenvalue weighted by Crippen LogP contribution is -2.42. The molecule has 1 aromatic rings. The van der Waals surface area contributed by atoms with Crippen LogP contribution in [0.1, 0.15) is 13.8 Å². The van der Waals surface area contributed by atoms with Gasteiger partial charge < -0.3 is 20.3 Å². The number of amides is 2. The first-order valence-electron chi connectivity index (χ1n) is 8.43. The summed E-state index contributed by atoms with van der Waals surface area (Å²) in [5.74, 6) is 0. The van der Waals surface area contributed by atoms with Crippen molar-refractivity contribution in [2.75, 3.05) is 62.7 Å². The van der Waals surface area contributed by atoms with Crippen molar-refractivity contribution in [1.29, 1.82) is 0 Å². The summed E-state index contributed by atoms with van der Waals surface area (Å²) in [4.78, 5) is 16.5. The van der Waals surface area contributed by atoms with Gasteiger partial charge >= 0.3 is 6.03 Å². The Morgan fingerprint density at radius 3 is 2.43 bits per heavy atom. The van der Waals surface area contributed by atoms with Crippen molar-refractivity contribution in [3.05, 3.63) is 24.3 Å². The van der Waals surface area contributed by atoms with Crippen LogP contribution >= 0.6 is 0 Å². The van der Waals surface area contributed by atoms with Crippen LogP contribution in [0, 0.1) is 0 Å². The minimum atomic E-state index is -0.158. The van der Waals surface area contributed by atoms with Crippen molar-refractivity contribution in [2.45, 2.75) is 13.8 Å². The zero-order chi connectivity index (χ0) is 16.5. The zero-order valence-electron chi connectivity index (χ0n) is 14.2. The summed E-state index contributed by atoms with van der Waals surface area (Å²) in [7, 11) is 0. The minimum Gasteiger partial charge on any atom is -0.379 e. The fraction of sp³-hybridized carbons (Fsp3) is 0.588. The van der Waals surface area contributed by atoms with Crippen LogP contribution in [0.25, 0.3) is 0 Å². The van der Waals surface area contributed by atoms with Crippen molar-refractivity contribution < 1.29 is 9.53 Å². The van der Waals surface area contributed by atoms with Crippen LogP contribution in [0.3, 0.4) is 0 Å². The summed E-state index contributed by atoms with van der Waals surface area (Å²) in [5.41, 5.74) is 1.98. The van der Waals surface area contributed by atoms with Gasteiger partial charge in [-0.25, -0.2) is 4.79 Å². The summed E-state index contributed by atoms with van der Waals surface area (Å²) < 4.78 is 5.30. The maximum absolute atomic E-state index is 11.9. The number of carbonyl (C=O) groups is 1. The van der Waals surface area contributed by atoms with Gasteiger partial charge in [-0.3, -0.25) is 4.90 Å². The van der Waals surface area contributed by atoms with Crippen molar-refractivity contribution in [3.8, 4) is 0 Å². The van der Waals surface area contributed by atoms with Crippen molar-refractivity contribution in [1.82, 2.24) is 10.2 Å². The molecule has 0 aromatic heterocycles. The monoisotopic (exact) mass is 320 g/mol. The van der Waals surface area contributed by atoms with Crippen molar-refractivity contribution in [3.63, 3.8) is 0 Å². The predicted molar refractivity (Wildman–Crippen MR) is 94.3 cm³/mol. The normalized spacial score (nSPS) is 15.2. The number of ether oxygens (including phenoxy) is 1. The van der Waals surface area contributed by atoms with Gasteiger partial charge in [0.15, 0.2) is 0 Å². The molecule has 23 heavy (non-hydrogen) atoms. The molecule has 6 nitrogen and oxygen atoms in total. The number of benzene rings is 1. The van der Waals surface area contributed by atoms with E-state index >= 15 is 0 Å². The molecule has 0 spiro atoms. The number of nitrogens with one attached hydrogen (secondary N) is 2. The zero-order valence-corrected chi connectivity index (χ0v) is 14.2. The molecular formula is C17H28N4O2. The number of hydrogen-bond donors (Lipinski definition) is 2. The van der Waals surface area contributed by atoms with E-state index in [0.717, 1.165) is 51.6 Å². The Morgan fingerprint density at radius 1 is 1.17 bits per heavy atom. The lowest BCUT2D eigenvalue weighted by atomic mass is 10.2. The largest absolute Gasteiger partial charge is 0.379 e. The molecule has 1 aliphatic heterocycles. The van der Waals surface area contributed by atoms with Crippen LogP contribution in [0.5, 0.6) is 0 Å². The topological polar surface area (TPSA) is 56.8 Å². The Morgan fingerprint density at radius 2 is 1.83 bits per heavy atom. The second-order valence-corrected chi connectivity index (χ2v) is 5.55. The van der Waals surface area contributed by atoms with Crippen LogP contribution in [0.15, 0.2) is 24.3 Å². The van der Waals surface area contributed by atoms with Gasteiger partial charge in [-0.2, -0.15) is 0 Å². The maximum atomic E-state index is 11.9. The second kappa shape index (κ2) is 9.37. The molecule has 128 valence electrons. The van der Waals surface area contributed by atoms with E-state index in [-0.39, 0.29) is 6.03 Å². The van der Waals surface area contributed by atoms with Gasteiger partial charge in [0.2, 0.25) is 0 Å². The Balaban J connectivity index is 1.72. The molecule has 0 radical (unpaired) electrons. The molecule has 2 rings (SSSR count). The minimum absolute atomic E-state index is 0.158. The molecule has 1 heterocycles. The summed E-state index contributed by atoms with van der Waals surface area (Å²) >= 11 is 0. The Kier molecular flexibility index (Phi) is 7.16. The molecule has 1 fully saturated rings. The Labute approximate surface area is 138 Å². The molecule has 2 amide bonds. The van der Waals surface area contributed by atoms with Gasteiger partial charge in [-0.1, -0.05) is 0 Å². The van der Waals surface area contributed by atoms with E-state index in [1.807, 2.05) is 24.3 Å². The molecule has 1 aliphatic rings. The maximum Gasteiger partial charge on any atom is 0.319 e. The molecule has 1 saturated heterocycles. The third-order valence-corrected chi connectivity index (χ3v) is 4.07. The summed E-state index contributed by atoms with van der Waals surface area (Å²) in [6.45, 7) is 11.2. The van der Waals surface area contributed by atoms with Gasteiger partial charge in [0, 0.05) is 50.6 Å². The van der Waals surface area contributed by atoms with Crippen LogP contribution in [0.4, 0.5) is 16.2 Å². The Hall–Kier alpha value is -1.79. The molecule has 6 heteroatoms. The number of urea groups is 1. The number of rotatable bonds is 7. The van der Waals surface area contributed by atoms with E-state index in [1.165, 1.54) is 5.69 Å². The van der Waals surface area contributed by atoms with E-state index in [4.69, 9.17) is 4.74 Å². The van der Waals surface area contributed by atoms with E-state index < -0.39 is 0 Å². The highest BCUT2D eigenvalue weighted by Gasteiger charge is 2.10. The number of anilines is 2. The third kappa shape index (κ3) is 5.73. The predicted octanol–water partition coefficient (Wildman–Crippen LogP) is 1.99. The van der Waals surface area contributed by atoms with Crippen LogP contribution < -0.4 is 15.5 Å². The first kappa shape index (κ1) is 17.6. The van der Waals surface area contributed by atoms with E-state index in [9.17, 15) is 4.79 Å². The van der Waals surface area contributed by atoms with Crippen molar-refractivity contribution in [2.24, 2.45) is 0 Å². The first-order chi connectivity index (χ1) is 11.2. The average molecular weight is 320 g/mol. The van der Waals surface area contributed by atoms with E-state index in [1.54, 1.807) is 0 Å². The highest BCUT2D eigenvalue weighted by atomic mass is 16.5. The standard InChI is InChI=1S/C17H28N4O2/c1-3-21(4-2)16-7-5-15(6-8-16)19-17(22)18-9-10-20-11-13-23-14-12-20/h5-8H,3-4,9-14H2,1-2H3,(H2,18,19,22). The molecule has 0 atom stereocenters. The average Bonchev–Trinajstić information content (AvgIpc) is 2.58. The van der Waals surface area contributed by atoms with E-state index in [0.29, 0.717) is 6.54 Å².